The first-order chi connectivity index (χ1) is 12.7. The lowest BCUT2D eigenvalue weighted by Crippen LogP contribution is -2.48. The predicted molar refractivity (Wildman–Crippen MR) is 105 cm³/mol. The Morgan fingerprint density at radius 3 is 2.31 bits per heavy atom. The number of amides is 1. The second kappa shape index (κ2) is 7.24. The lowest BCUT2D eigenvalue weighted by molar-refractivity contribution is -0.133. The number of aryl methyl sites for hydroxylation is 1. The van der Waals surface area contributed by atoms with E-state index >= 15 is 0 Å². The van der Waals surface area contributed by atoms with Crippen molar-refractivity contribution in [3.8, 4) is 0 Å². The zero-order valence-corrected chi connectivity index (χ0v) is 15.6. The maximum Gasteiger partial charge on any atom is 0.226 e. The molecule has 4 rings (SSSR count). The number of piperidine rings is 1. The third-order valence-electron chi connectivity index (χ3n) is 6.22. The van der Waals surface area contributed by atoms with Gasteiger partial charge in [0, 0.05) is 13.1 Å². The molecule has 3 heteroatoms. The summed E-state index contributed by atoms with van der Waals surface area (Å²) in [6, 6.07) is 17.5. The highest BCUT2D eigenvalue weighted by Gasteiger charge is 2.42. The van der Waals surface area contributed by atoms with E-state index in [0.29, 0.717) is 6.54 Å². The summed E-state index contributed by atoms with van der Waals surface area (Å²) >= 11 is 0. The molecular formula is C23H28N2O. The maximum absolute atomic E-state index is 12.9. The van der Waals surface area contributed by atoms with E-state index in [1.807, 2.05) is 0 Å². The van der Waals surface area contributed by atoms with E-state index < -0.39 is 0 Å². The van der Waals surface area contributed by atoms with Gasteiger partial charge in [0.15, 0.2) is 0 Å². The number of nitrogens with zero attached hydrogens (tertiary/aromatic N) is 1. The monoisotopic (exact) mass is 348 g/mol. The lowest BCUT2D eigenvalue weighted by Gasteiger charge is -2.40. The van der Waals surface area contributed by atoms with Gasteiger partial charge >= 0.3 is 0 Å². The van der Waals surface area contributed by atoms with Gasteiger partial charge in [0.2, 0.25) is 5.91 Å². The molecule has 1 fully saturated rings. The second-order valence-corrected chi connectivity index (χ2v) is 7.85. The van der Waals surface area contributed by atoms with Gasteiger partial charge < -0.3 is 5.32 Å². The highest BCUT2D eigenvalue weighted by molar-refractivity contribution is 5.83. The normalized spacial score (nSPS) is 19.7. The Bertz CT molecular complexity index is 773. The molecule has 0 saturated carbocycles. The molecule has 1 spiro atoms. The largest absolute Gasteiger partial charge is 0.352 e. The van der Waals surface area contributed by atoms with Crippen molar-refractivity contribution in [1.29, 1.82) is 0 Å². The van der Waals surface area contributed by atoms with E-state index in [1.54, 1.807) is 0 Å². The molecule has 2 heterocycles. The van der Waals surface area contributed by atoms with Crippen LogP contribution in [-0.4, -0.2) is 23.9 Å². The molecule has 2 aromatic carbocycles. The molecule has 2 aliphatic rings. The molecule has 3 nitrogen and oxygen atoms in total. The number of carbonyl (C=O) groups is 1. The van der Waals surface area contributed by atoms with E-state index in [2.05, 4.69) is 65.7 Å². The van der Waals surface area contributed by atoms with Crippen LogP contribution < -0.4 is 5.32 Å². The highest BCUT2D eigenvalue weighted by atomic mass is 16.2. The van der Waals surface area contributed by atoms with Gasteiger partial charge in [-0.15, -0.1) is 0 Å². The zero-order valence-electron chi connectivity index (χ0n) is 15.6. The Morgan fingerprint density at radius 2 is 1.62 bits per heavy atom. The average molecular weight is 348 g/mol. The van der Waals surface area contributed by atoms with Crippen molar-refractivity contribution < 1.29 is 4.79 Å². The highest BCUT2D eigenvalue weighted by Crippen LogP contribution is 2.38. The van der Waals surface area contributed by atoms with Crippen LogP contribution in [0.15, 0.2) is 48.5 Å². The first-order valence-corrected chi connectivity index (χ1v) is 9.84. The molecule has 0 radical (unpaired) electrons. The fourth-order valence-electron chi connectivity index (χ4n) is 4.39. The van der Waals surface area contributed by atoms with E-state index in [9.17, 15) is 4.79 Å². The van der Waals surface area contributed by atoms with Crippen LogP contribution in [-0.2, 0) is 30.7 Å². The van der Waals surface area contributed by atoms with Gasteiger partial charge in [0.1, 0.15) is 0 Å². The summed E-state index contributed by atoms with van der Waals surface area (Å²) < 4.78 is 0. The third kappa shape index (κ3) is 3.41. The number of hydrogen-bond donors (Lipinski definition) is 1. The van der Waals surface area contributed by atoms with Gasteiger partial charge in [-0.3, -0.25) is 9.69 Å². The molecule has 2 aromatic rings. The topological polar surface area (TPSA) is 32.3 Å². The molecule has 1 saturated heterocycles. The molecule has 0 unspecified atom stereocenters. The molecular weight excluding hydrogens is 320 g/mol. The van der Waals surface area contributed by atoms with Crippen LogP contribution in [0, 0.1) is 5.41 Å². The molecule has 0 aliphatic carbocycles. The van der Waals surface area contributed by atoms with Crippen molar-refractivity contribution in [2.75, 3.05) is 13.1 Å². The zero-order chi connectivity index (χ0) is 18.0. The van der Waals surface area contributed by atoms with Gasteiger partial charge in [-0.2, -0.15) is 0 Å². The van der Waals surface area contributed by atoms with Crippen molar-refractivity contribution in [1.82, 2.24) is 10.2 Å². The Hall–Kier alpha value is -2.13. The quantitative estimate of drug-likeness (QED) is 0.917. The number of likely N-dealkylation sites (tertiary alicyclic amines) is 1. The summed E-state index contributed by atoms with van der Waals surface area (Å²) in [6.07, 6.45) is 3.86. The van der Waals surface area contributed by atoms with E-state index in [-0.39, 0.29) is 11.3 Å². The first-order valence-electron chi connectivity index (χ1n) is 9.84. The van der Waals surface area contributed by atoms with Crippen LogP contribution in [0.1, 0.15) is 42.0 Å². The van der Waals surface area contributed by atoms with Crippen LogP contribution in [0.5, 0.6) is 0 Å². The Labute approximate surface area is 156 Å². The molecule has 26 heavy (non-hydrogen) atoms. The number of carbonyl (C=O) groups excluding carboxylic acids is 1. The minimum atomic E-state index is -0.227. The Morgan fingerprint density at radius 1 is 0.962 bits per heavy atom. The molecule has 1 N–H and O–H groups in total. The number of hydrogen-bond acceptors (Lipinski definition) is 2. The van der Waals surface area contributed by atoms with Crippen molar-refractivity contribution in [2.45, 2.75) is 45.7 Å². The molecule has 0 atom stereocenters. The van der Waals surface area contributed by atoms with Gasteiger partial charge in [-0.05, 0) is 61.0 Å². The second-order valence-electron chi connectivity index (χ2n) is 7.85. The van der Waals surface area contributed by atoms with Crippen LogP contribution in [0.4, 0.5) is 0 Å². The van der Waals surface area contributed by atoms with Gasteiger partial charge in [0.05, 0.1) is 5.41 Å². The Kier molecular flexibility index (Phi) is 4.82. The minimum Gasteiger partial charge on any atom is -0.352 e. The first kappa shape index (κ1) is 17.3. The SMILES string of the molecule is CCc1ccc(CN2CCC3(CC2)Cc2ccccc2CNC3=O)cc1. The smallest absolute Gasteiger partial charge is 0.226 e. The number of nitrogens with one attached hydrogen (secondary N) is 1. The third-order valence-corrected chi connectivity index (χ3v) is 6.22. The number of fused-ring (bicyclic) bond motifs is 1. The average Bonchev–Trinajstić information content (AvgIpc) is 2.82. The Balaban J connectivity index is 1.44. The summed E-state index contributed by atoms with van der Waals surface area (Å²) in [7, 11) is 0. The molecule has 0 aromatic heterocycles. The van der Waals surface area contributed by atoms with Crippen molar-refractivity contribution in [3.05, 3.63) is 70.8 Å². The van der Waals surface area contributed by atoms with E-state index in [1.165, 1.54) is 22.3 Å². The number of rotatable bonds is 3. The van der Waals surface area contributed by atoms with E-state index in [4.69, 9.17) is 0 Å². The standard InChI is InChI=1S/C23H28N2O/c1-2-18-7-9-19(10-8-18)17-25-13-11-23(12-14-25)15-20-5-3-4-6-21(20)16-24-22(23)26/h3-10H,2,11-17H2,1H3,(H,24,26). The lowest BCUT2D eigenvalue weighted by atomic mass is 9.73. The maximum atomic E-state index is 12.9. The summed E-state index contributed by atoms with van der Waals surface area (Å²) in [5.41, 5.74) is 5.15. The van der Waals surface area contributed by atoms with Crippen LogP contribution in [0.2, 0.25) is 0 Å². The van der Waals surface area contributed by atoms with Crippen molar-refractivity contribution in [3.63, 3.8) is 0 Å². The predicted octanol–water partition coefficient (Wildman–Crippen LogP) is 3.70. The molecule has 136 valence electrons. The fraction of sp³-hybridized carbons (Fsp3) is 0.435. The van der Waals surface area contributed by atoms with E-state index in [0.717, 1.165) is 45.3 Å². The summed E-state index contributed by atoms with van der Waals surface area (Å²) in [5.74, 6) is 0.251. The fourth-order valence-corrected chi connectivity index (χ4v) is 4.39. The molecule has 0 bridgehead atoms. The summed E-state index contributed by atoms with van der Waals surface area (Å²) in [5, 5.41) is 3.18. The van der Waals surface area contributed by atoms with Crippen LogP contribution in [0.3, 0.4) is 0 Å². The molecule has 2 aliphatic heterocycles. The molecule has 1 amide bonds. The number of benzene rings is 2. The van der Waals surface area contributed by atoms with Gasteiger partial charge in [-0.25, -0.2) is 0 Å². The van der Waals surface area contributed by atoms with Gasteiger partial charge in [0.25, 0.3) is 0 Å². The summed E-state index contributed by atoms with van der Waals surface area (Å²) in [4.78, 5) is 15.4. The summed E-state index contributed by atoms with van der Waals surface area (Å²) in [6.45, 7) is 5.83. The minimum absolute atomic E-state index is 0.227. The van der Waals surface area contributed by atoms with Crippen molar-refractivity contribution in [2.24, 2.45) is 5.41 Å². The van der Waals surface area contributed by atoms with Crippen LogP contribution >= 0.6 is 0 Å². The van der Waals surface area contributed by atoms with Gasteiger partial charge in [-0.1, -0.05) is 55.5 Å². The van der Waals surface area contributed by atoms with Crippen molar-refractivity contribution >= 4 is 5.91 Å². The van der Waals surface area contributed by atoms with Crippen LogP contribution in [0.25, 0.3) is 0 Å².